The number of hydrogen-bond donors (Lipinski definition) is 0. The summed E-state index contributed by atoms with van der Waals surface area (Å²) in [6.45, 7) is 4.67. The number of anilines is 3. The molecule has 0 saturated carbocycles. The van der Waals surface area contributed by atoms with Crippen LogP contribution < -0.4 is 14.7 Å². The van der Waals surface area contributed by atoms with E-state index in [1.165, 1.54) is 33.8 Å². The van der Waals surface area contributed by atoms with Crippen molar-refractivity contribution in [3.63, 3.8) is 0 Å². The third-order valence-electron chi connectivity index (χ3n) is 6.38. The van der Waals surface area contributed by atoms with E-state index in [0.717, 1.165) is 0 Å². The summed E-state index contributed by atoms with van der Waals surface area (Å²) in [6, 6.07) is 27.2. The smallest absolute Gasteiger partial charge is 0.0474 e. The molecule has 0 fully saturated rings. The first-order valence-electron chi connectivity index (χ1n) is 11.0. The van der Waals surface area contributed by atoms with Crippen molar-refractivity contribution in [2.45, 2.75) is 19.3 Å². The van der Waals surface area contributed by atoms with E-state index < -0.39 is 0 Å². The van der Waals surface area contributed by atoms with E-state index in [1.807, 2.05) is 0 Å². The molecule has 0 atom stereocenters. The fourth-order valence-corrected chi connectivity index (χ4v) is 4.57. The molecule has 0 amide bonds. The lowest BCUT2D eigenvalue weighted by molar-refractivity contribution is 0.438. The van der Waals surface area contributed by atoms with Gasteiger partial charge in [-0.05, 0) is 59.0 Å². The first kappa shape index (κ1) is 22.7. The summed E-state index contributed by atoms with van der Waals surface area (Å²) in [4.78, 5) is 6.45. The molecule has 0 radical (unpaired) electrons. The number of rotatable bonds is 7. The minimum Gasteiger partial charge on any atom is -0.378 e. The summed E-state index contributed by atoms with van der Waals surface area (Å²) in [6.07, 6.45) is 0. The van der Waals surface area contributed by atoms with E-state index in [4.69, 9.17) is 0 Å². The van der Waals surface area contributed by atoms with Gasteiger partial charge in [-0.1, -0.05) is 50.2 Å². The van der Waals surface area contributed by atoms with E-state index >= 15 is 0 Å². The van der Waals surface area contributed by atoms with Crippen molar-refractivity contribution in [2.24, 2.45) is 5.92 Å². The maximum Gasteiger partial charge on any atom is 0.0474 e. The second-order valence-electron chi connectivity index (χ2n) is 9.29. The Kier molecular flexibility index (Phi) is 6.64. The molecule has 3 nitrogen and oxygen atoms in total. The molecule has 0 aliphatic heterocycles. The van der Waals surface area contributed by atoms with Crippen molar-refractivity contribution in [2.75, 3.05) is 57.0 Å². The van der Waals surface area contributed by atoms with Gasteiger partial charge in [0.25, 0.3) is 0 Å². The Morgan fingerprint density at radius 3 is 0.839 bits per heavy atom. The van der Waals surface area contributed by atoms with Gasteiger partial charge >= 0.3 is 0 Å². The lowest BCUT2D eigenvalue weighted by Gasteiger charge is -2.40. The van der Waals surface area contributed by atoms with Gasteiger partial charge in [0, 0.05) is 64.8 Å². The summed E-state index contributed by atoms with van der Waals surface area (Å²) >= 11 is 0. The molecule has 0 bridgehead atoms. The average Bonchev–Trinajstić information content (AvgIpc) is 2.75. The largest absolute Gasteiger partial charge is 0.378 e. The van der Waals surface area contributed by atoms with Crippen molar-refractivity contribution < 1.29 is 0 Å². The minimum absolute atomic E-state index is 0.236. The molecule has 164 valence electrons. The molecular weight excluding hydrogens is 378 g/mol. The molecule has 3 rings (SSSR count). The highest BCUT2D eigenvalue weighted by molar-refractivity contribution is 5.59. The molecule has 0 heterocycles. The lowest BCUT2D eigenvalue weighted by atomic mass is 9.63. The van der Waals surface area contributed by atoms with Crippen molar-refractivity contribution in [1.82, 2.24) is 0 Å². The van der Waals surface area contributed by atoms with Crippen LogP contribution >= 0.6 is 0 Å². The second-order valence-corrected chi connectivity index (χ2v) is 9.29. The van der Waals surface area contributed by atoms with Crippen LogP contribution in [-0.4, -0.2) is 42.3 Å². The Bertz CT molecular complexity index is 841. The van der Waals surface area contributed by atoms with Crippen LogP contribution in [0, 0.1) is 5.92 Å². The van der Waals surface area contributed by atoms with Crippen molar-refractivity contribution in [1.29, 1.82) is 0 Å². The summed E-state index contributed by atoms with van der Waals surface area (Å²) in [5, 5.41) is 0. The molecule has 0 N–H and O–H groups in total. The van der Waals surface area contributed by atoms with Crippen LogP contribution in [0.25, 0.3) is 0 Å². The molecule has 0 spiro atoms. The molecule has 0 aliphatic rings. The highest BCUT2D eigenvalue weighted by Crippen LogP contribution is 2.46. The maximum atomic E-state index is 2.33. The molecule has 0 saturated heterocycles. The standard InChI is InChI=1S/C28H37N3/c1-21(2)28(22-9-15-25(16-10-22)29(3)4,23-11-17-26(18-12-23)30(5)6)24-13-19-27(20-14-24)31(7)8/h9-21H,1-8H3. The normalized spacial score (nSPS) is 11.5. The Labute approximate surface area is 188 Å². The number of hydrogen-bond acceptors (Lipinski definition) is 3. The van der Waals surface area contributed by atoms with Crippen LogP contribution in [0.2, 0.25) is 0 Å². The third-order valence-corrected chi connectivity index (χ3v) is 6.38. The van der Waals surface area contributed by atoms with Crippen molar-refractivity contribution in [3.05, 3.63) is 89.5 Å². The van der Waals surface area contributed by atoms with Gasteiger partial charge in [-0.2, -0.15) is 0 Å². The van der Waals surface area contributed by atoms with Gasteiger partial charge in [-0.25, -0.2) is 0 Å². The van der Waals surface area contributed by atoms with Crippen LogP contribution in [-0.2, 0) is 5.41 Å². The molecule has 3 aromatic rings. The average molecular weight is 416 g/mol. The summed E-state index contributed by atoms with van der Waals surface area (Å²) < 4.78 is 0. The van der Waals surface area contributed by atoms with E-state index in [1.54, 1.807) is 0 Å². The molecule has 0 aromatic heterocycles. The Morgan fingerprint density at radius 1 is 0.452 bits per heavy atom. The van der Waals surface area contributed by atoms with E-state index in [0.29, 0.717) is 5.92 Å². The first-order valence-corrected chi connectivity index (χ1v) is 11.0. The van der Waals surface area contributed by atoms with Crippen LogP contribution in [0.5, 0.6) is 0 Å². The second kappa shape index (κ2) is 9.05. The monoisotopic (exact) mass is 415 g/mol. The van der Waals surface area contributed by atoms with E-state index in [9.17, 15) is 0 Å². The predicted molar refractivity (Wildman–Crippen MR) is 137 cm³/mol. The Balaban J connectivity index is 2.26. The van der Waals surface area contributed by atoms with Gasteiger partial charge in [0.15, 0.2) is 0 Å². The number of benzene rings is 3. The molecular formula is C28H37N3. The van der Waals surface area contributed by atoms with Gasteiger partial charge in [0.2, 0.25) is 0 Å². The zero-order valence-corrected chi connectivity index (χ0v) is 20.3. The minimum atomic E-state index is -0.236. The molecule has 31 heavy (non-hydrogen) atoms. The SMILES string of the molecule is CC(C)C(c1ccc(N(C)C)cc1)(c1ccc(N(C)C)cc1)c1ccc(N(C)C)cc1. The lowest BCUT2D eigenvalue weighted by Crippen LogP contribution is -2.35. The van der Waals surface area contributed by atoms with Crippen molar-refractivity contribution >= 4 is 17.1 Å². The Hall–Kier alpha value is -2.94. The third kappa shape index (κ3) is 4.27. The molecule has 0 unspecified atom stereocenters. The van der Waals surface area contributed by atoms with Gasteiger partial charge in [0.05, 0.1) is 0 Å². The highest BCUT2D eigenvalue weighted by Gasteiger charge is 2.39. The van der Waals surface area contributed by atoms with Gasteiger partial charge in [-0.3, -0.25) is 0 Å². The van der Waals surface area contributed by atoms with Gasteiger partial charge in [-0.15, -0.1) is 0 Å². The zero-order valence-electron chi connectivity index (χ0n) is 20.3. The molecule has 3 aromatic carbocycles. The van der Waals surface area contributed by atoms with Crippen LogP contribution in [0.15, 0.2) is 72.8 Å². The van der Waals surface area contributed by atoms with Gasteiger partial charge in [0.1, 0.15) is 0 Å². The Morgan fingerprint density at radius 2 is 0.677 bits per heavy atom. The first-order chi connectivity index (χ1) is 14.7. The quantitative estimate of drug-likeness (QED) is 0.447. The van der Waals surface area contributed by atoms with Crippen LogP contribution in [0.4, 0.5) is 17.1 Å². The predicted octanol–water partition coefficient (Wildman–Crippen LogP) is 5.88. The van der Waals surface area contributed by atoms with Gasteiger partial charge < -0.3 is 14.7 Å². The van der Waals surface area contributed by atoms with Crippen LogP contribution in [0.3, 0.4) is 0 Å². The van der Waals surface area contributed by atoms with Crippen LogP contribution in [0.1, 0.15) is 30.5 Å². The summed E-state index contributed by atoms with van der Waals surface area (Å²) in [7, 11) is 12.5. The van der Waals surface area contributed by atoms with Crippen molar-refractivity contribution in [3.8, 4) is 0 Å². The summed E-state index contributed by atoms with van der Waals surface area (Å²) in [5.41, 5.74) is 7.38. The summed E-state index contributed by atoms with van der Waals surface area (Å²) in [5.74, 6) is 0.369. The molecule has 3 heteroatoms. The molecule has 0 aliphatic carbocycles. The van der Waals surface area contributed by atoms with E-state index in [2.05, 4.69) is 144 Å². The topological polar surface area (TPSA) is 9.72 Å². The zero-order chi connectivity index (χ0) is 22.8. The maximum absolute atomic E-state index is 2.33. The van der Waals surface area contributed by atoms with E-state index in [-0.39, 0.29) is 5.41 Å². The highest BCUT2D eigenvalue weighted by atomic mass is 15.1. The number of nitrogens with zero attached hydrogens (tertiary/aromatic N) is 3. The fraction of sp³-hybridized carbons (Fsp3) is 0.357. The fourth-order valence-electron chi connectivity index (χ4n) is 4.57.